The third-order valence-electron chi connectivity index (χ3n) is 3.35. The van der Waals surface area contributed by atoms with Gasteiger partial charge in [0.05, 0.1) is 5.60 Å². The average molecular weight is 234 g/mol. The Morgan fingerprint density at radius 3 is 2.29 bits per heavy atom. The first-order valence-corrected chi connectivity index (χ1v) is 6.61. The fourth-order valence-electron chi connectivity index (χ4n) is 2.85. The lowest BCUT2D eigenvalue weighted by Gasteiger charge is -2.29. The normalized spacial score (nSPS) is 16.9. The molecule has 2 unspecified atom stereocenters. The van der Waals surface area contributed by atoms with Crippen LogP contribution in [0.3, 0.4) is 0 Å². The van der Waals surface area contributed by atoms with Gasteiger partial charge < -0.3 is 5.11 Å². The van der Waals surface area contributed by atoms with Gasteiger partial charge in [-0.15, -0.1) is 0 Å². The molecule has 0 saturated heterocycles. The first kappa shape index (κ1) is 14.2. The fourth-order valence-corrected chi connectivity index (χ4v) is 2.85. The lowest BCUT2D eigenvalue weighted by molar-refractivity contribution is 0.0290. The van der Waals surface area contributed by atoms with Gasteiger partial charge in [0.2, 0.25) is 0 Å². The van der Waals surface area contributed by atoms with E-state index in [9.17, 15) is 5.11 Å². The van der Waals surface area contributed by atoms with Crippen molar-refractivity contribution in [3.63, 3.8) is 0 Å². The molecule has 0 spiro atoms. The van der Waals surface area contributed by atoms with Crippen LogP contribution in [0.1, 0.15) is 51.7 Å². The number of aliphatic hydroxyl groups is 1. The quantitative estimate of drug-likeness (QED) is 0.806. The molecule has 0 aliphatic carbocycles. The highest BCUT2D eigenvalue weighted by Gasteiger charge is 2.27. The van der Waals surface area contributed by atoms with Gasteiger partial charge in [0.1, 0.15) is 0 Å². The molecule has 17 heavy (non-hydrogen) atoms. The van der Waals surface area contributed by atoms with Gasteiger partial charge in [-0.05, 0) is 49.7 Å². The highest BCUT2D eigenvalue weighted by molar-refractivity contribution is 5.30. The lowest BCUT2D eigenvalue weighted by atomic mass is 9.82. The Morgan fingerprint density at radius 1 is 1.18 bits per heavy atom. The predicted molar refractivity (Wildman–Crippen MR) is 74.0 cm³/mol. The highest BCUT2D eigenvalue weighted by Crippen LogP contribution is 2.32. The van der Waals surface area contributed by atoms with Crippen molar-refractivity contribution >= 4 is 0 Å². The van der Waals surface area contributed by atoms with Crippen molar-refractivity contribution in [3.05, 3.63) is 35.4 Å². The van der Waals surface area contributed by atoms with E-state index in [-0.39, 0.29) is 0 Å². The number of rotatable bonds is 5. The van der Waals surface area contributed by atoms with Crippen LogP contribution in [0.2, 0.25) is 0 Å². The molecule has 0 aliphatic heterocycles. The molecule has 1 aromatic rings. The maximum Gasteiger partial charge on any atom is 0.0873 e. The van der Waals surface area contributed by atoms with Gasteiger partial charge in [-0.2, -0.15) is 0 Å². The van der Waals surface area contributed by atoms with Crippen molar-refractivity contribution in [2.75, 3.05) is 0 Å². The maximum absolute atomic E-state index is 10.6. The third kappa shape index (κ3) is 4.16. The Hall–Kier alpha value is -0.820. The molecule has 1 nitrogen and oxygen atoms in total. The molecule has 96 valence electrons. The summed E-state index contributed by atoms with van der Waals surface area (Å²) in [4.78, 5) is 0. The third-order valence-corrected chi connectivity index (χ3v) is 3.35. The summed E-state index contributed by atoms with van der Waals surface area (Å²) < 4.78 is 0. The number of benzene rings is 1. The first-order valence-electron chi connectivity index (χ1n) is 6.61. The first-order chi connectivity index (χ1) is 7.83. The van der Waals surface area contributed by atoms with Crippen LogP contribution in [0.4, 0.5) is 0 Å². The van der Waals surface area contributed by atoms with Gasteiger partial charge >= 0.3 is 0 Å². The Labute approximate surface area is 106 Å². The van der Waals surface area contributed by atoms with Gasteiger partial charge in [-0.3, -0.25) is 0 Å². The van der Waals surface area contributed by atoms with E-state index < -0.39 is 5.60 Å². The monoisotopic (exact) mass is 234 g/mol. The van der Waals surface area contributed by atoms with Crippen molar-refractivity contribution in [3.8, 4) is 0 Å². The van der Waals surface area contributed by atoms with Gasteiger partial charge in [-0.25, -0.2) is 0 Å². The van der Waals surface area contributed by atoms with E-state index in [0.717, 1.165) is 12.0 Å². The molecule has 1 heteroatoms. The van der Waals surface area contributed by atoms with Crippen LogP contribution in [0, 0.1) is 18.8 Å². The summed E-state index contributed by atoms with van der Waals surface area (Å²) in [5.41, 5.74) is 1.53. The predicted octanol–water partition coefficient (Wildman–Crippen LogP) is 4.27. The molecule has 1 rings (SSSR count). The van der Waals surface area contributed by atoms with E-state index >= 15 is 0 Å². The van der Waals surface area contributed by atoms with Crippen LogP contribution in [-0.2, 0) is 5.60 Å². The van der Waals surface area contributed by atoms with E-state index in [1.165, 1.54) is 12.0 Å². The minimum Gasteiger partial charge on any atom is -0.385 e. The Balaban J connectivity index is 2.78. The van der Waals surface area contributed by atoms with Crippen LogP contribution in [0.15, 0.2) is 24.3 Å². The number of aryl methyl sites for hydroxylation is 1. The van der Waals surface area contributed by atoms with Crippen molar-refractivity contribution in [1.82, 2.24) is 0 Å². The Morgan fingerprint density at radius 2 is 1.76 bits per heavy atom. The molecule has 0 heterocycles. The average Bonchev–Trinajstić information content (AvgIpc) is 2.15. The van der Waals surface area contributed by atoms with E-state index in [4.69, 9.17) is 0 Å². The minimum absolute atomic E-state index is 0.546. The summed E-state index contributed by atoms with van der Waals surface area (Å²) in [7, 11) is 0. The molecule has 0 fully saturated rings. The molecule has 1 aromatic carbocycles. The summed E-state index contributed by atoms with van der Waals surface area (Å²) >= 11 is 0. The van der Waals surface area contributed by atoms with Crippen molar-refractivity contribution in [1.29, 1.82) is 0 Å². The van der Waals surface area contributed by atoms with Gasteiger partial charge in [0.15, 0.2) is 0 Å². The van der Waals surface area contributed by atoms with Gasteiger partial charge in [0.25, 0.3) is 0 Å². The Kier molecular flexibility index (Phi) is 4.76. The number of hydrogen-bond acceptors (Lipinski definition) is 1. The lowest BCUT2D eigenvalue weighted by Crippen LogP contribution is -2.25. The zero-order valence-corrected chi connectivity index (χ0v) is 11.8. The van der Waals surface area contributed by atoms with Crippen molar-refractivity contribution in [2.45, 2.75) is 53.1 Å². The summed E-state index contributed by atoms with van der Waals surface area (Å²) in [5.74, 6) is 1.24. The van der Waals surface area contributed by atoms with E-state index in [1.54, 1.807) is 0 Å². The fraction of sp³-hybridized carbons (Fsp3) is 0.625. The standard InChI is InChI=1S/C16H26O/c1-12(2)10-13(3)11-16(5,17)15-9-7-6-8-14(15)4/h6-9,12-13,17H,10-11H2,1-5H3. The second-order valence-corrected chi connectivity index (χ2v) is 6.03. The zero-order chi connectivity index (χ0) is 13.1. The molecular formula is C16H26O. The van der Waals surface area contributed by atoms with Gasteiger partial charge in [-0.1, -0.05) is 45.0 Å². The van der Waals surface area contributed by atoms with E-state index in [0.29, 0.717) is 11.8 Å². The SMILES string of the molecule is Cc1ccccc1C(C)(O)CC(C)CC(C)C. The van der Waals surface area contributed by atoms with Gasteiger partial charge in [0, 0.05) is 0 Å². The second-order valence-electron chi connectivity index (χ2n) is 6.03. The maximum atomic E-state index is 10.6. The highest BCUT2D eigenvalue weighted by atomic mass is 16.3. The molecule has 0 bridgehead atoms. The molecule has 0 aliphatic rings. The van der Waals surface area contributed by atoms with Crippen LogP contribution < -0.4 is 0 Å². The van der Waals surface area contributed by atoms with Crippen LogP contribution in [-0.4, -0.2) is 5.11 Å². The van der Waals surface area contributed by atoms with Crippen LogP contribution in [0.25, 0.3) is 0 Å². The molecular weight excluding hydrogens is 208 g/mol. The topological polar surface area (TPSA) is 20.2 Å². The van der Waals surface area contributed by atoms with Crippen LogP contribution in [0.5, 0.6) is 0 Å². The zero-order valence-electron chi connectivity index (χ0n) is 11.8. The Bertz CT molecular complexity index is 352. The largest absolute Gasteiger partial charge is 0.385 e. The summed E-state index contributed by atoms with van der Waals surface area (Å²) in [6.07, 6.45) is 2.00. The minimum atomic E-state index is -0.709. The molecule has 1 N–H and O–H groups in total. The van der Waals surface area contributed by atoms with Crippen molar-refractivity contribution < 1.29 is 5.11 Å². The smallest absolute Gasteiger partial charge is 0.0873 e. The number of hydrogen-bond donors (Lipinski definition) is 1. The second kappa shape index (κ2) is 5.68. The van der Waals surface area contributed by atoms with Crippen molar-refractivity contribution in [2.24, 2.45) is 11.8 Å². The molecule has 0 saturated carbocycles. The molecule has 0 aromatic heterocycles. The molecule has 2 atom stereocenters. The summed E-state index contributed by atoms with van der Waals surface area (Å²) in [5, 5.41) is 10.6. The summed E-state index contributed by atoms with van der Waals surface area (Å²) in [6.45, 7) is 10.7. The van der Waals surface area contributed by atoms with E-state index in [2.05, 4.69) is 33.8 Å². The summed E-state index contributed by atoms with van der Waals surface area (Å²) in [6, 6.07) is 8.13. The van der Waals surface area contributed by atoms with Crippen LogP contribution >= 0.6 is 0 Å². The van der Waals surface area contributed by atoms with E-state index in [1.807, 2.05) is 25.1 Å². The molecule has 0 radical (unpaired) electrons. The molecule has 0 amide bonds.